The van der Waals surface area contributed by atoms with Crippen molar-refractivity contribution in [2.45, 2.75) is 98.3 Å². The van der Waals surface area contributed by atoms with Gasteiger partial charge in [0.25, 0.3) is 0 Å². The molecule has 0 aromatic carbocycles. The lowest BCUT2D eigenvalue weighted by atomic mass is 10.1. The SMILES string of the molecule is CCCC[N+](CCCC)(CCCC)C(CC)OCC(O)CC. The molecule has 0 aliphatic carbocycles. The highest BCUT2D eigenvalue weighted by Crippen LogP contribution is 2.23. The lowest BCUT2D eigenvalue weighted by Crippen LogP contribution is -2.58. The van der Waals surface area contributed by atoms with E-state index in [1.54, 1.807) is 0 Å². The topological polar surface area (TPSA) is 29.5 Å². The molecule has 0 fully saturated rings. The van der Waals surface area contributed by atoms with Crippen molar-refractivity contribution in [3.05, 3.63) is 0 Å². The second-order valence-electron chi connectivity index (χ2n) is 6.71. The molecule has 0 saturated carbocycles. The molecule has 0 heterocycles. The van der Waals surface area contributed by atoms with Crippen molar-refractivity contribution >= 4 is 0 Å². The number of aliphatic hydroxyl groups excluding tert-OH is 1. The van der Waals surface area contributed by atoms with Gasteiger partial charge in [0, 0.05) is 6.42 Å². The van der Waals surface area contributed by atoms with Gasteiger partial charge in [0.15, 0.2) is 6.23 Å². The summed E-state index contributed by atoms with van der Waals surface area (Å²) in [6, 6.07) is 0. The van der Waals surface area contributed by atoms with Gasteiger partial charge in [-0.25, -0.2) is 0 Å². The Morgan fingerprint density at radius 3 is 1.55 bits per heavy atom. The fourth-order valence-electron chi connectivity index (χ4n) is 3.19. The van der Waals surface area contributed by atoms with Gasteiger partial charge in [-0.2, -0.15) is 0 Å². The van der Waals surface area contributed by atoms with Crippen molar-refractivity contribution in [2.75, 3.05) is 26.2 Å². The van der Waals surface area contributed by atoms with Crippen molar-refractivity contribution < 1.29 is 14.3 Å². The molecule has 134 valence electrons. The Kier molecular flexibility index (Phi) is 13.3. The fraction of sp³-hybridized carbons (Fsp3) is 1.00. The molecule has 3 heteroatoms. The highest BCUT2D eigenvalue weighted by molar-refractivity contribution is 4.56. The molecule has 0 amide bonds. The summed E-state index contributed by atoms with van der Waals surface area (Å²) in [6.07, 6.45) is 9.26. The normalized spacial score (nSPS) is 15.0. The van der Waals surface area contributed by atoms with Crippen LogP contribution in [0.15, 0.2) is 0 Å². The standard InChI is InChI=1S/C19H42NO2/c1-6-11-14-20(15-12-7-2,16-13-8-3)19(10-5)22-17-18(21)9-4/h18-19,21H,6-17H2,1-5H3/q+1. The Morgan fingerprint density at radius 1 is 0.773 bits per heavy atom. The number of ether oxygens (including phenoxy) is 1. The number of aliphatic hydroxyl groups is 1. The summed E-state index contributed by atoms with van der Waals surface area (Å²) in [5.74, 6) is 0. The van der Waals surface area contributed by atoms with E-state index in [0.29, 0.717) is 6.61 Å². The van der Waals surface area contributed by atoms with Crippen LogP contribution in [0.1, 0.15) is 86.0 Å². The third-order valence-electron chi connectivity index (χ3n) is 4.78. The largest absolute Gasteiger partial charge is 0.391 e. The van der Waals surface area contributed by atoms with Crippen LogP contribution in [0, 0.1) is 0 Å². The maximum atomic E-state index is 9.86. The molecule has 2 unspecified atom stereocenters. The summed E-state index contributed by atoms with van der Waals surface area (Å²) >= 11 is 0. The molecule has 0 aliphatic rings. The minimum atomic E-state index is -0.320. The monoisotopic (exact) mass is 316 g/mol. The molecule has 0 saturated heterocycles. The maximum Gasteiger partial charge on any atom is 0.193 e. The molecule has 0 aliphatic heterocycles. The molecule has 3 nitrogen and oxygen atoms in total. The first kappa shape index (κ1) is 21.9. The van der Waals surface area contributed by atoms with Crippen molar-refractivity contribution in [1.82, 2.24) is 0 Å². The summed E-state index contributed by atoms with van der Waals surface area (Å²) in [5.41, 5.74) is 0. The van der Waals surface area contributed by atoms with E-state index in [-0.39, 0.29) is 12.3 Å². The van der Waals surface area contributed by atoms with Gasteiger partial charge in [-0.15, -0.1) is 0 Å². The molecule has 0 radical (unpaired) electrons. The van der Waals surface area contributed by atoms with Gasteiger partial charge in [-0.3, -0.25) is 4.48 Å². The molecular weight excluding hydrogens is 274 g/mol. The Hall–Kier alpha value is -0.120. The van der Waals surface area contributed by atoms with Crippen molar-refractivity contribution in [3.63, 3.8) is 0 Å². The quantitative estimate of drug-likeness (QED) is 0.350. The lowest BCUT2D eigenvalue weighted by molar-refractivity contribution is -0.972. The summed E-state index contributed by atoms with van der Waals surface area (Å²) in [5, 5.41) is 9.86. The van der Waals surface area contributed by atoms with Crippen LogP contribution in [-0.4, -0.2) is 48.2 Å². The first-order valence-corrected chi connectivity index (χ1v) is 9.75. The average Bonchev–Trinajstić information content (AvgIpc) is 2.55. The highest BCUT2D eigenvalue weighted by atomic mass is 16.5. The number of rotatable bonds is 15. The van der Waals surface area contributed by atoms with E-state index in [1.165, 1.54) is 58.2 Å². The zero-order valence-corrected chi connectivity index (χ0v) is 15.9. The van der Waals surface area contributed by atoms with E-state index >= 15 is 0 Å². The first-order chi connectivity index (χ1) is 10.6. The Bertz CT molecular complexity index is 224. The van der Waals surface area contributed by atoms with E-state index in [2.05, 4.69) is 27.7 Å². The number of nitrogens with zero attached hydrogens (tertiary/aromatic N) is 1. The minimum absolute atomic E-state index is 0.242. The smallest absolute Gasteiger partial charge is 0.193 e. The molecule has 1 N–H and O–H groups in total. The van der Waals surface area contributed by atoms with Crippen LogP contribution in [0.25, 0.3) is 0 Å². The van der Waals surface area contributed by atoms with Crippen LogP contribution in [-0.2, 0) is 4.74 Å². The number of hydrogen-bond donors (Lipinski definition) is 1. The van der Waals surface area contributed by atoms with Gasteiger partial charge in [0.2, 0.25) is 0 Å². The third-order valence-corrected chi connectivity index (χ3v) is 4.78. The molecule has 2 atom stereocenters. The summed E-state index contributed by atoms with van der Waals surface area (Å²) in [7, 11) is 0. The highest BCUT2D eigenvalue weighted by Gasteiger charge is 2.35. The molecule has 0 aromatic heterocycles. The molecule has 22 heavy (non-hydrogen) atoms. The van der Waals surface area contributed by atoms with Gasteiger partial charge in [0.05, 0.1) is 32.3 Å². The predicted octanol–water partition coefficient (Wildman–Crippen LogP) is 4.73. The Morgan fingerprint density at radius 2 is 1.23 bits per heavy atom. The van der Waals surface area contributed by atoms with Gasteiger partial charge < -0.3 is 9.84 Å². The zero-order chi connectivity index (χ0) is 16.8. The first-order valence-electron chi connectivity index (χ1n) is 9.75. The average molecular weight is 317 g/mol. The summed E-state index contributed by atoms with van der Waals surface area (Å²) in [4.78, 5) is 0. The predicted molar refractivity (Wildman–Crippen MR) is 95.9 cm³/mol. The van der Waals surface area contributed by atoms with Crippen LogP contribution in [0.5, 0.6) is 0 Å². The van der Waals surface area contributed by atoms with Gasteiger partial charge in [0.1, 0.15) is 0 Å². The molecule has 0 bridgehead atoms. The molecule has 0 spiro atoms. The van der Waals surface area contributed by atoms with Crippen LogP contribution < -0.4 is 0 Å². The van der Waals surface area contributed by atoms with E-state index in [1.807, 2.05) is 6.92 Å². The summed E-state index contributed by atoms with van der Waals surface area (Å²) < 4.78 is 7.32. The lowest BCUT2D eigenvalue weighted by Gasteiger charge is -2.45. The van der Waals surface area contributed by atoms with E-state index in [4.69, 9.17) is 4.74 Å². The van der Waals surface area contributed by atoms with Crippen molar-refractivity contribution in [2.24, 2.45) is 0 Å². The van der Waals surface area contributed by atoms with Crippen molar-refractivity contribution in [1.29, 1.82) is 0 Å². The van der Waals surface area contributed by atoms with Crippen LogP contribution >= 0.6 is 0 Å². The van der Waals surface area contributed by atoms with Crippen molar-refractivity contribution in [3.8, 4) is 0 Å². The van der Waals surface area contributed by atoms with Crippen LogP contribution in [0.3, 0.4) is 0 Å². The third kappa shape index (κ3) is 7.94. The van der Waals surface area contributed by atoms with Crippen LogP contribution in [0.2, 0.25) is 0 Å². The number of hydrogen-bond acceptors (Lipinski definition) is 2. The van der Waals surface area contributed by atoms with E-state index in [0.717, 1.165) is 17.3 Å². The van der Waals surface area contributed by atoms with Gasteiger partial charge >= 0.3 is 0 Å². The molecular formula is C19H42NO2+. The number of quaternary nitrogens is 1. The van der Waals surface area contributed by atoms with Gasteiger partial charge in [-0.1, -0.05) is 53.9 Å². The maximum absolute atomic E-state index is 9.86. The fourth-order valence-corrected chi connectivity index (χ4v) is 3.19. The van der Waals surface area contributed by atoms with E-state index < -0.39 is 0 Å². The molecule has 0 rings (SSSR count). The van der Waals surface area contributed by atoms with E-state index in [9.17, 15) is 5.11 Å². The van der Waals surface area contributed by atoms with Gasteiger partial charge in [-0.05, 0) is 25.7 Å². The Balaban J connectivity index is 5.03. The van der Waals surface area contributed by atoms with Crippen LogP contribution in [0.4, 0.5) is 0 Å². The summed E-state index contributed by atoms with van der Waals surface area (Å²) in [6.45, 7) is 15.2. The molecule has 0 aromatic rings. The zero-order valence-electron chi connectivity index (χ0n) is 15.9. The Labute approximate surface area is 139 Å². The minimum Gasteiger partial charge on any atom is -0.391 e. The number of unbranched alkanes of at least 4 members (excludes halogenated alkanes) is 3. The second-order valence-corrected chi connectivity index (χ2v) is 6.71. The second kappa shape index (κ2) is 13.3.